The first-order valence-corrected chi connectivity index (χ1v) is 5.80. The fourth-order valence-electron chi connectivity index (χ4n) is 1.83. The smallest absolute Gasteiger partial charge is 0.0991 e. The molecule has 2 nitrogen and oxygen atoms in total. The summed E-state index contributed by atoms with van der Waals surface area (Å²) >= 11 is 0. The molecular formula is C16H12N2. The molecule has 0 N–H and O–H groups in total. The van der Waals surface area contributed by atoms with E-state index in [-0.39, 0.29) is 0 Å². The molecule has 0 radical (unpaired) electrons. The van der Waals surface area contributed by atoms with E-state index in [1.165, 1.54) is 11.1 Å². The molecule has 0 saturated heterocycles. The lowest BCUT2D eigenvalue weighted by molar-refractivity contribution is 0.959. The van der Waals surface area contributed by atoms with Gasteiger partial charge in [0.25, 0.3) is 0 Å². The van der Waals surface area contributed by atoms with Gasteiger partial charge in [0, 0.05) is 0 Å². The van der Waals surface area contributed by atoms with E-state index in [0.717, 1.165) is 12.8 Å². The van der Waals surface area contributed by atoms with Crippen LogP contribution in [0.2, 0.25) is 0 Å². The van der Waals surface area contributed by atoms with Gasteiger partial charge in [-0.1, -0.05) is 24.3 Å². The minimum Gasteiger partial charge on any atom is -0.192 e. The average Bonchev–Trinajstić information content (AvgIpc) is 2.46. The van der Waals surface area contributed by atoms with Gasteiger partial charge in [-0.05, 0) is 48.2 Å². The quantitative estimate of drug-likeness (QED) is 0.815. The highest BCUT2D eigenvalue weighted by Gasteiger charge is 1.98. The summed E-state index contributed by atoms with van der Waals surface area (Å²) < 4.78 is 0. The van der Waals surface area contributed by atoms with Gasteiger partial charge in [-0.25, -0.2) is 0 Å². The first-order chi connectivity index (χ1) is 8.81. The summed E-state index contributed by atoms with van der Waals surface area (Å²) in [6.07, 6.45) is 1.82. The first-order valence-electron chi connectivity index (χ1n) is 5.80. The van der Waals surface area contributed by atoms with Gasteiger partial charge in [-0.3, -0.25) is 0 Å². The highest BCUT2D eigenvalue weighted by Crippen LogP contribution is 2.10. The van der Waals surface area contributed by atoms with E-state index >= 15 is 0 Å². The zero-order valence-corrected chi connectivity index (χ0v) is 9.93. The molecule has 2 aromatic rings. The maximum absolute atomic E-state index is 8.82. The summed E-state index contributed by atoms with van der Waals surface area (Å²) in [5.74, 6) is 0. The number of hydrogen-bond donors (Lipinski definition) is 0. The Labute approximate surface area is 107 Å². The average molecular weight is 232 g/mol. The molecule has 0 bridgehead atoms. The molecule has 86 valence electrons. The second-order valence-corrected chi connectivity index (χ2v) is 4.12. The lowest BCUT2D eigenvalue weighted by Gasteiger charge is -2.02. The number of nitrogens with zero attached hydrogens (tertiary/aromatic N) is 2. The molecule has 18 heavy (non-hydrogen) atoms. The molecule has 0 aliphatic heterocycles. The fourth-order valence-corrected chi connectivity index (χ4v) is 1.83. The Morgan fingerprint density at radius 3 is 2.06 bits per heavy atom. The van der Waals surface area contributed by atoms with Gasteiger partial charge in [0.05, 0.1) is 23.3 Å². The second kappa shape index (κ2) is 5.66. The van der Waals surface area contributed by atoms with Gasteiger partial charge in [-0.15, -0.1) is 0 Å². The number of aryl methyl sites for hydroxylation is 2. The molecule has 0 heterocycles. The van der Waals surface area contributed by atoms with Crippen molar-refractivity contribution in [2.45, 2.75) is 12.8 Å². The van der Waals surface area contributed by atoms with Crippen molar-refractivity contribution < 1.29 is 0 Å². The first kappa shape index (κ1) is 11.9. The molecular weight excluding hydrogens is 220 g/mol. The van der Waals surface area contributed by atoms with Gasteiger partial charge >= 0.3 is 0 Å². The molecule has 0 unspecified atom stereocenters. The fraction of sp³-hybridized carbons (Fsp3) is 0.125. The highest BCUT2D eigenvalue weighted by molar-refractivity contribution is 5.34. The molecule has 2 aromatic carbocycles. The lowest BCUT2D eigenvalue weighted by atomic mass is 10.0. The molecule has 0 atom stereocenters. The Morgan fingerprint density at radius 1 is 0.722 bits per heavy atom. The van der Waals surface area contributed by atoms with E-state index < -0.39 is 0 Å². The minimum absolute atomic E-state index is 0.685. The topological polar surface area (TPSA) is 47.6 Å². The molecule has 0 spiro atoms. The Balaban J connectivity index is 2.02. The molecule has 2 heteroatoms. The number of nitriles is 2. The van der Waals surface area contributed by atoms with Crippen LogP contribution in [0.25, 0.3) is 0 Å². The van der Waals surface area contributed by atoms with Crippen molar-refractivity contribution in [1.29, 1.82) is 10.5 Å². The van der Waals surface area contributed by atoms with Crippen molar-refractivity contribution in [2.24, 2.45) is 0 Å². The third-order valence-corrected chi connectivity index (χ3v) is 2.84. The van der Waals surface area contributed by atoms with Crippen LogP contribution in [0.3, 0.4) is 0 Å². The predicted octanol–water partition coefficient (Wildman–Crippen LogP) is 3.22. The second-order valence-electron chi connectivity index (χ2n) is 4.12. The third kappa shape index (κ3) is 2.97. The third-order valence-electron chi connectivity index (χ3n) is 2.84. The van der Waals surface area contributed by atoms with E-state index in [1.807, 2.05) is 48.5 Å². The maximum atomic E-state index is 8.82. The normalized spacial score (nSPS) is 9.44. The van der Waals surface area contributed by atoms with E-state index in [9.17, 15) is 0 Å². The van der Waals surface area contributed by atoms with Gasteiger partial charge in [0.15, 0.2) is 0 Å². The molecule has 0 saturated carbocycles. The molecule has 2 rings (SSSR count). The monoisotopic (exact) mass is 232 g/mol. The zero-order valence-electron chi connectivity index (χ0n) is 9.93. The van der Waals surface area contributed by atoms with E-state index in [4.69, 9.17) is 10.5 Å². The standard InChI is InChI=1S/C16H12N2/c17-11-15-8-5-13(6-9-15)4-7-14-2-1-3-16(10-14)12-18/h1-3,5-6,8-10H,4,7H2. The van der Waals surface area contributed by atoms with Crippen molar-refractivity contribution in [3.8, 4) is 12.1 Å². The zero-order chi connectivity index (χ0) is 12.8. The van der Waals surface area contributed by atoms with Crippen LogP contribution in [-0.2, 0) is 12.8 Å². The summed E-state index contributed by atoms with van der Waals surface area (Å²) in [6.45, 7) is 0. The molecule has 0 aliphatic rings. The van der Waals surface area contributed by atoms with Crippen LogP contribution in [0.5, 0.6) is 0 Å². The maximum Gasteiger partial charge on any atom is 0.0991 e. The van der Waals surface area contributed by atoms with Crippen LogP contribution < -0.4 is 0 Å². The van der Waals surface area contributed by atoms with Crippen LogP contribution in [0.15, 0.2) is 48.5 Å². The summed E-state index contributed by atoms with van der Waals surface area (Å²) in [7, 11) is 0. The number of hydrogen-bond acceptors (Lipinski definition) is 2. The predicted molar refractivity (Wildman–Crippen MR) is 69.7 cm³/mol. The Hall–Kier alpha value is -2.58. The Bertz CT molecular complexity index is 613. The van der Waals surface area contributed by atoms with E-state index in [2.05, 4.69) is 12.1 Å². The summed E-state index contributed by atoms with van der Waals surface area (Å²) in [5, 5.41) is 17.5. The SMILES string of the molecule is N#Cc1ccc(CCc2cccc(C#N)c2)cc1. The van der Waals surface area contributed by atoms with Crippen LogP contribution in [0.1, 0.15) is 22.3 Å². The van der Waals surface area contributed by atoms with Crippen LogP contribution in [-0.4, -0.2) is 0 Å². The van der Waals surface area contributed by atoms with Crippen molar-refractivity contribution >= 4 is 0 Å². The highest BCUT2D eigenvalue weighted by atomic mass is 14.2. The Kier molecular flexibility index (Phi) is 3.74. The van der Waals surface area contributed by atoms with Crippen molar-refractivity contribution in [3.63, 3.8) is 0 Å². The van der Waals surface area contributed by atoms with Crippen LogP contribution in [0.4, 0.5) is 0 Å². The van der Waals surface area contributed by atoms with Gasteiger partial charge in [0.1, 0.15) is 0 Å². The summed E-state index contributed by atoms with van der Waals surface area (Å²) in [5.41, 5.74) is 3.76. The van der Waals surface area contributed by atoms with E-state index in [1.54, 1.807) is 0 Å². The molecule has 0 fully saturated rings. The summed E-state index contributed by atoms with van der Waals surface area (Å²) in [6, 6.07) is 19.6. The van der Waals surface area contributed by atoms with Crippen molar-refractivity contribution in [2.75, 3.05) is 0 Å². The van der Waals surface area contributed by atoms with Gasteiger partial charge in [-0.2, -0.15) is 10.5 Å². The van der Waals surface area contributed by atoms with Crippen LogP contribution in [0, 0.1) is 22.7 Å². The molecule has 0 aliphatic carbocycles. The van der Waals surface area contributed by atoms with Crippen LogP contribution >= 0.6 is 0 Å². The largest absolute Gasteiger partial charge is 0.192 e. The lowest BCUT2D eigenvalue weighted by Crippen LogP contribution is -1.92. The molecule has 0 amide bonds. The number of rotatable bonds is 3. The van der Waals surface area contributed by atoms with Crippen molar-refractivity contribution in [3.05, 3.63) is 70.8 Å². The van der Waals surface area contributed by atoms with Gasteiger partial charge in [0.2, 0.25) is 0 Å². The number of benzene rings is 2. The summed E-state index contributed by atoms with van der Waals surface area (Å²) in [4.78, 5) is 0. The Morgan fingerprint density at radius 2 is 1.39 bits per heavy atom. The van der Waals surface area contributed by atoms with Crippen molar-refractivity contribution in [1.82, 2.24) is 0 Å². The van der Waals surface area contributed by atoms with E-state index in [0.29, 0.717) is 11.1 Å². The van der Waals surface area contributed by atoms with Gasteiger partial charge < -0.3 is 0 Å². The molecule has 0 aromatic heterocycles. The minimum atomic E-state index is 0.685.